The van der Waals surface area contributed by atoms with Crippen molar-refractivity contribution in [2.75, 3.05) is 10.6 Å². The van der Waals surface area contributed by atoms with Crippen molar-refractivity contribution in [1.82, 2.24) is 0 Å². The van der Waals surface area contributed by atoms with E-state index in [4.69, 9.17) is 10.7 Å². The van der Waals surface area contributed by atoms with Gasteiger partial charge in [0.1, 0.15) is 0 Å². The van der Waals surface area contributed by atoms with Gasteiger partial charge in [-0.15, -0.1) is 0 Å². The van der Waals surface area contributed by atoms with Crippen LogP contribution >= 0.6 is 26.6 Å². The number of rotatable bonds is 3. The van der Waals surface area contributed by atoms with Gasteiger partial charge in [0, 0.05) is 16.4 Å². The summed E-state index contributed by atoms with van der Waals surface area (Å²) in [5, 5.41) is 2.73. The summed E-state index contributed by atoms with van der Waals surface area (Å²) in [4.78, 5) is 11.0. The van der Waals surface area contributed by atoms with Gasteiger partial charge in [-0.2, -0.15) is 0 Å². The first-order valence-electron chi connectivity index (χ1n) is 3.84. The molecule has 0 fully saturated rings. The average molecular weight is 313 g/mol. The number of alkyl halides is 1. The Balaban J connectivity index is 2.86. The zero-order valence-electron chi connectivity index (χ0n) is 7.41. The summed E-state index contributed by atoms with van der Waals surface area (Å²) in [6.45, 7) is 0. The third kappa shape index (κ3) is 3.81. The maximum atomic E-state index is 11.0. The Bertz CT molecular complexity index is 457. The highest BCUT2D eigenvalue weighted by atomic mass is 79.9. The fourth-order valence-electron chi connectivity index (χ4n) is 0.895. The molecule has 1 rings (SSSR count). The number of nitrogens with one attached hydrogen (secondary N) is 1. The quantitative estimate of drug-likeness (QED) is 0.685. The van der Waals surface area contributed by atoms with Gasteiger partial charge in [-0.3, -0.25) is 4.79 Å². The molecule has 15 heavy (non-hydrogen) atoms. The van der Waals surface area contributed by atoms with Gasteiger partial charge < -0.3 is 5.32 Å². The van der Waals surface area contributed by atoms with Crippen LogP contribution in [0.5, 0.6) is 0 Å². The Hall–Kier alpha value is -0.590. The lowest BCUT2D eigenvalue weighted by Crippen LogP contribution is -2.12. The van der Waals surface area contributed by atoms with Gasteiger partial charge in [-0.05, 0) is 24.3 Å². The van der Waals surface area contributed by atoms with E-state index in [1.165, 1.54) is 24.3 Å². The molecule has 1 aromatic carbocycles. The molecule has 1 N–H and O–H groups in total. The molecule has 0 heterocycles. The predicted molar refractivity (Wildman–Crippen MR) is 61.9 cm³/mol. The molecule has 0 radical (unpaired) electrons. The number of anilines is 1. The summed E-state index contributed by atoms with van der Waals surface area (Å²) in [6, 6.07) is 5.59. The molecule has 0 saturated heterocycles. The molecular formula is C8H7BrClNO3S. The number of amides is 1. The second-order valence-electron chi connectivity index (χ2n) is 2.64. The van der Waals surface area contributed by atoms with Crippen LogP contribution in [0.2, 0.25) is 0 Å². The summed E-state index contributed by atoms with van der Waals surface area (Å²) in [5.74, 6) is -0.212. The van der Waals surface area contributed by atoms with Gasteiger partial charge >= 0.3 is 0 Å². The molecule has 0 aromatic heterocycles. The van der Waals surface area contributed by atoms with Crippen LogP contribution in [0.25, 0.3) is 0 Å². The maximum Gasteiger partial charge on any atom is 0.261 e. The highest BCUT2D eigenvalue weighted by Gasteiger charge is 2.09. The Morgan fingerprint density at radius 3 is 2.27 bits per heavy atom. The Kier molecular flexibility index (Phi) is 4.12. The molecule has 0 spiro atoms. The zero-order chi connectivity index (χ0) is 11.5. The molecular weight excluding hydrogens is 306 g/mol. The molecule has 0 aliphatic carbocycles. The van der Waals surface area contributed by atoms with Gasteiger partial charge in [0.2, 0.25) is 5.91 Å². The number of carbonyl (C=O) groups is 1. The second-order valence-corrected chi connectivity index (χ2v) is 5.77. The summed E-state index contributed by atoms with van der Waals surface area (Å²) in [6.07, 6.45) is 0. The molecule has 0 aliphatic rings. The fourth-order valence-corrected chi connectivity index (χ4v) is 1.81. The van der Waals surface area contributed by atoms with Crippen molar-refractivity contribution in [1.29, 1.82) is 0 Å². The zero-order valence-corrected chi connectivity index (χ0v) is 10.6. The fraction of sp³-hybridized carbons (Fsp3) is 0.125. The van der Waals surface area contributed by atoms with Crippen molar-refractivity contribution in [2.24, 2.45) is 0 Å². The summed E-state index contributed by atoms with van der Waals surface area (Å²) < 4.78 is 21.8. The van der Waals surface area contributed by atoms with Crippen molar-refractivity contribution in [3.05, 3.63) is 24.3 Å². The molecule has 0 saturated carbocycles. The summed E-state index contributed by atoms with van der Waals surface area (Å²) in [5.41, 5.74) is 0.517. The van der Waals surface area contributed by atoms with E-state index in [0.29, 0.717) is 5.69 Å². The van der Waals surface area contributed by atoms with Crippen molar-refractivity contribution >= 4 is 47.3 Å². The average Bonchev–Trinajstić information content (AvgIpc) is 2.17. The van der Waals surface area contributed by atoms with Gasteiger partial charge in [-0.1, -0.05) is 15.9 Å². The van der Waals surface area contributed by atoms with E-state index in [1.807, 2.05) is 0 Å². The molecule has 0 unspecified atom stereocenters. The Labute approximate surface area is 100 Å². The van der Waals surface area contributed by atoms with E-state index < -0.39 is 9.05 Å². The number of halogens is 2. The number of hydrogen-bond acceptors (Lipinski definition) is 3. The lowest BCUT2D eigenvalue weighted by molar-refractivity contribution is -0.113. The summed E-state index contributed by atoms with van der Waals surface area (Å²) >= 11 is 2.99. The smallest absolute Gasteiger partial charge is 0.261 e. The highest BCUT2D eigenvalue weighted by Crippen LogP contribution is 2.17. The summed E-state index contributed by atoms with van der Waals surface area (Å²) in [7, 11) is 1.42. The van der Waals surface area contributed by atoms with E-state index in [1.54, 1.807) is 0 Å². The monoisotopic (exact) mass is 311 g/mol. The number of benzene rings is 1. The van der Waals surface area contributed by atoms with E-state index in [2.05, 4.69) is 21.2 Å². The molecule has 4 nitrogen and oxygen atoms in total. The topological polar surface area (TPSA) is 63.2 Å². The largest absolute Gasteiger partial charge is 0.325 e. The molecule has 1 aromatic rings. The minimum absolute atomic E-state index is 0.000933. The van der Waals surface area contributed by atoms with Gasteiger partial charge in [-0.25, -0.2) is 8.42 Å². The molecule has 0 bridgehead atoms. The minimum Gasteiger partial charge on any atom is -0.325 e. The molecule has 1 amide bonds. The Morgan fingerprint density at radius 1 is 1.33 bits per heavy atom. The first kappa shape index (κ1) is 12.5. The van der Waals surface area contributed by atoms with Crippen molar-refractivity contribution < 1.29 is 13.2 Å². The molecule has 0 aliphatic heterocycles. The molecule has 0 atom stereocenters. The van der Waals surface area contributed by atoms with Crippen LogP contribution in [0, 0.1) is 0 Å². The van der Waals surface area contributed by atoms with Crippen LogP contribution in [0.3, 0.4) is 0 Å². The van der Waals surface area contributed by atoms with E-state index in [-0.39, 0.29) is 16.1 Å². The minimum atomic E-state index is -3.70. The third-order valence-electron chi connectivity index (χ3n) is 1.54. The van der Waals surface area contributed by atoms with Crippen LogP contribution < -0.4 is 5.32 Å². The predicted octanol–water partition coefficient (Wildman–Crippen LogP) is 1.95. The maximum absolute atomic E-state index is 11.0. The highest BCUT2D eigenvalue weighted by molar-refractivity contribution is 9.09. The van der Waals surface area contributed by atoms with Gasteiger partial charge in [0.25, 0.3) is 9.05 Å². The second kappa shape index (κ2) is 4.96. The SMILES string of the molecule is O=C(CBr)Nc1ccc(S(=O)(=O)Cl)cc1. The third-order valence-corrected chi connectivity index (χ3v) is 3.42. The van der Waals surface area contributed by atoms with Gasteiger partial charge in [0.15, 0.2) is 0 Å². The number of hydrogen-bond donors (Lipinski definition) is 1. The molecule has 82 valence electrons. The molecule has 7 heteroatoms. The Morgan fingerprint density at radius 2 is 1.87 bits per heavy atom. The van der Waals surface area contributed by atoms with Gasteiger partial charge in [0.05, 0.1) is 10.2 Å². The van der Waals surface area contributed by atoms with Crippen LogP contribution in [-0.4, -0.2) is 19.7 Å². The van der Waals surface area contributed by atoms with Crippen molar-refractivity contribution in [3.63, 3.8) is 0 Å². The van der Waals surface area contributed by atoms with Crippen LogP contribution in [0.4, 0.5) is 5.69 Å². The first-order valence-corrected chi connectivity index (χ1v) is 7.27. The normalized spacial score (nSPS) is 11.1. The van der Waals surface area contributed by atoms with Crippen molar-refractivity contribution in [3.8, 4) is 0 Å². The van der Waals surface area contributed by atoms with E-state index >= 15 is 0 Å². The van der Waals surface area contributed by atoms with Crippen LogP contribution in [-0.2, 0) is 13.8 Å². The van der Waals surface area contributed by atoms with Crippen LogP contribution in [0.1, 0.15) is 0 Å². The number of carbonyl (C=O) groups excluding carboxylic acids is 1. The lowest BCUT2D eigenvalue weighted by Gasteiger charge is -2.03. The lowest BCUT2D eigenvalue weighted by atomic mass is 10.3. The van der Waals surface area contributed by atoms with Crippen LogP contribution in [0.15, 0.2) is 29.2 Å². The standard InChI is InChI=1S/C8H7BrClNO3S/c9-5-8(12)11-6-1-3-7(4-2-6)15(10,13)14/h1-4H,5H2,(H,11,12). The van der Waals surface area contributed by atoms with E-state index in [0.717, 1.165) is 0 Å². The van der Waals surface area contributed by atoms with E-state index in [9.17, 15) is 13.2 Å². The first-order chi connectivity index (χ1) is 6.93. The van der Waals surface area contributed by atoms with Crippen molar-refractivity contribution in [2.45, 2.75) is 4.90 Å².